The third-order valence-corrected chi connectivity index (χ3v) is 15.2. The molecular formula is C35H33P2Rh. The Balaban J connectivity index is 1.36. The van der Waals surface area contributed by atoms with Gasteiger partial charge in [-0.1, -0.05) is 0 Å². The van der Waals surface area contributed by atoms with Gasteiger partial charge in [0.15, 0.2) is 0 Å². The van der Waals surface area contributed by atoms with E-state index in [9.17, 15) is 0 Å². The summed E-state index contributed by atoms with van der Waals surface area (Å²) in [5.41, 5.74) is 0.718. The summed E-state index contributed by atoms with van der Waals surface area (Å²) in [6.07, 6.45) is 13.7. The van der Waals surface area contributed by atoms with Gasteiger partial charge >= 0.3 is 242 Å². The fourth-order valence-corrected chi connectivity index (χ4v) is 13.4. The molecule has 0 saturated heterocycles. The van der Waals surface area contributed by atoms with Crippen molar-refractivity contribution >= 4 is 37.1 Å². The van der Waals surface area contributed by atoms with Crippen molar-refractivity contribution in [3.05, 3.63) is 146 Å². The molecule has 2 aliphatic carbocycles. The molecule has 0 aromatic heterocycles. The Morgan fingerprint density at radius 2 is 0.974 bits per heavy atom. The molecule has 0 spiro atoms. The number of fused-ring (bicyclic) bond motifs is 2. The molecule has 2 bridgehead atoms. The number of rotatable bonds is 10. The van der Waals surface area contributed by atoms with Crippen LogP contribution in [0.15, 0.2) is 146 Å². The van der Waals surface area contributed by atoms with E-state index >= 15 is 0 Å². The van der Waals surface area contributed by atoms with Gasteiger partial charge in [0.05, 0.1) is 0 Å². The summed E-state index contributed by atoms with van der Waals surface area (Å²) in [6.45, 7) is 0. The van der Waals surface area contributed by atoms with Crippen LogP contribution in [0.4, 0.5) is 0 Å². The normalized spacial score (nSPS) is 21.3. The van der Waals surface area contributed by atoms with Crippen LogP contribution in [-0.4, -0.2) is 9.91 Å². The Kier molecular flexibility index (Phi) is 8.19. The van der Waals surface area contributed by atoms with E-state index in [-0.39, 0.29) is 5.41 Å². The zero-order valence-electron chi connectivity index (χ0n) is 21.4. The van der Waals surface area contributed by atoms with E-state index in [1.807, 2.05) is 0 Å². The average Bonchev–Trinajstić information content (AvgIpc) is 3.60. The van der Waals surface area contributed by atoms with Gasteiger partial charge in [-0.3, -0.25) is 0 Å². The van der Waals surface area contributed by atoms with Crippen molar-refractivity contribution in [3.8, 4) is 0 Å². The molecule has 0 fully saturated rings. The molecule has 3 heteroatoms. The predicted molar refractivity (Wildman–Crippen MR) is 164 cm³/mol. The van der Waals surface area contributed by atoms with Crippen LogP contribution in [0.3, 0.4) is 0 Å². The van der Waals surface area contributed by atoms with E-state index in [0.29, 0.717) is 15.8 Å². The maximum absolute atomic E-state index is 3.54. The Morgan fingerprint density at radius 1 is 0.579 bits per heavy atom. The van der Waals surface area contributed by atoms with Gasteiger partial charge in [-0.25, -0.2) is 0 Å². The SMILES string of the molecule is [Rh][CH](CCC(P(c1ccccc1)c1ccccc1)C12C=CC(C=C1)C2)P(c1ccccc1)c1ccccc1. The van der Waals surface area contributed by atoms with Gasteiger partial charge in [-0.15, -0.1) is 0 Å². The molecule has 0 heterocycles. The minimum absolute atomic E-state index is 0.158. The first-order valence-corrected chi connectivity index (χ1v) is 17.3. The van der Waals surface area contributed by atoms with E-state index in [0.717, 1.165) is 0 Å². The van der Waals surface area contributed by atoms with Crippen molar-refractivity contribution in [2.45, 2.75) is 29.2 Å². The first-order valence-electron chi connectivity index (χ1n) is 13.5. The molecule has 2 aliphatic rings. The molecule has 0 saturated carbocycles. The van der Waals surface area contributed by atoms with Gasteiger partial charge < -0.3 is 0 Å². The van der Waals surface area contributed by atoms with Gasteiger partial charge in [0, 0.05) is 0 Å². The second kappa shape index (κ2) is 11.9. The number of allylic oxidation sites excluding steroid dienone is 4. The summed E-state index contributed by atoms with van der Waals surface area (Å²) in [5.74, 6) is 0.608. The summed E-state index contributed by atoms with van der Waals surface area (Å²) in [7, 11) is -0.990. The van der Waals surface area contributed by atoms with Crippen LogP contribution in [0, 0.1) is 11.3 Å². The van der Waals surface area contributed by atoms with Crippen molar-refractivity contribution < 1.29 is 18.3 Å². The van der Waals surface area contributed by atoms with Gasteiger partial charge in [-0.05, 0) is 0 Å². The quantitative estimate of drug-likeness (QED) is 0.0988. The second-order valence-electron chi connectivity index (χ2n) is 10.3. The summed E-state index contributed by atoms with van der Waals surface area (Å²) in [4.78, 5) is 0. The maximum atomic E-state index is 3.54. The zero-order valence-corrected chi connectivity index (χ0v) is 24.9. The van der Waals surface area contributed by atoms with Crippen LogP contribution in [0.1, 0.15) is 19.3 Å². The predicted octanol–water partition coefficient (Wildman–Crippen LogP) is 7.41. The Labute approximate surface area is 240 Å². The molecule has 4 aromatic carbocycles. The Morgan fingerprint density at radius 3 is 1.34 bits per heavy atom. The van der Waals surface area contributed by atoms with Crippen molar-refractivity contribution in [2.75, 3.05) is 0 Å². The third kappa shape index (κ3) is 5.45. The van der Waals surface area contributed by atoms with Crippen LogP contribution in [0.5, 0.6) is 0 Å². The molecule has 6 rings (SSSR count). The van der Waals surface area contributed by atoms with Gasteiger partial charge in [0.1, 0.15) is 0 Å². The molecule has 0 aliphatic heterocycles. The second-order valence-corrected chi connectivity index (χ2v) is 16.9. The van der Waals surface area contributed by atoms with E-state index < -0.39 is 15.8 Å². The first-order chi connectivity index (χ1) is 18.7. The topological polar surface area (TPSA) is 0 Å². The fourth-order valence-electron chi connectivity index (χ4n) is 6.14. The molecule has 0 amide bonds. The summed E-state index contributed by atoms with van der Waals surface area (Å²) < 4.78 is 0.491. The van der Waals surface area contributed by atoms with Crippen LogP contribution >= 0.6 is 15.8 Å². The van der Waals surface area contributed by atoms with Crippen LogP contribution in [0.2, 0.25) is 0 Å². The standard InChI is InChI=1S/C35H33P2.Rh/c1-5-14-30(15-6-1)36(31-16-7-2-8-17-31)27-13-22-34(35-25-23-29(28-35)24-26-35)37(32-18-9-3-10-19-32)33-20-11-4-12-21-33;/h1-12,14-21,23-27,29,34H,13,22,28H2;. The molecule has 4 aromatic rings. The Bertz CT molecular complexity index is 1280. The van der Waals surface area contributed by atoms with Gasteiger partial charge in [0.25, 0.3) is 0 Å². The van der Waals surface area contributed by atoms with E-state index in [2.05, 4.69) is 164 Å². The first kappa shape index (κ1) is 26.1. The minimum atomic E-state index is -0.519. The molecule has 2 atom stereocenters. The number of benzene rings is 4. The molecule has 0 N–H and O–H groups in total. The van der Waals surface area contributed by atoms with Crippen molar-refractivity contribution in [2.24, 2.45) is 11.3 Å². The summed E-state index contributed by atoms with van der Waals surface area (Å²) >= 11 is 3.54. The summed E-state index contributed by atoms with van der Waals surface area (Å²) in [6, 6.07) is 45.0. The summed E-state index contributed by atoms with van der Waals surface area (Å²) in [5, 5.41) is 5.92. The number of hydrogen-bond acceptors (Lipinski definition) is 0. The fraction of sp³-hybridized carbons (Fsp3) is 0.200. The third-order valence-electron chi connectivity index (χ3n) is 7.90. The average molecular weight is 619 g/mol. The zero-order chi connectivity index (χ0) is 25.8. The Hall–Kier alpha value is -2.16. The van der Waals surface area contributed by atoms with E-state index in [1.165, 1.54) is 40.5 Å². The van der Waals surface area contributed by atoms with Crippen molar-refractivity contribution in [1.82, 2.24) is 0 Å². The van der Waals surface area contributed by atoms with Crippen LogP contribution in [0.25, 0.3) is 0 Å². The molecule has 192 valence electrons. The molecule has 38 heavy (non-hydrogen) atoms. The van der Waals surface area contributed by atoms with Gasteiger partial charge in [-0.2, -0.15) is 0 Å². The molecule has 0 nitrogen and oxygen atoms in total. The molecular weight excluding hydrogens is 585 g/mol. The van der Waals surface area contributed by atoms with Crippen molar-refractivity contribution in [1.29, 1.82) is 0 Å². The van der Waals surface area contributed by atoms with E-state index in [4.69, 9.17) is 0 Å². The monoisotopic (exact) mass is 618 g/mol. The molecule has 2 unspecified atom stereocenters. The van der Waals surface area contributed by atoms with E-state index in [1.54, 1.807) is 0 Å². The van der Waals surface area contributed by atoms with Gasteiger partial charge in [0.2, 0.25) is 0 Å². The van der Waals surface area contributed by atoms with Crippen molar-refractivity contribution in [3.63, 3.8) is 0 Å². The van der Waals surface area contributed by atoms with Crippen LogP contribution < -0.4 is 21.2 Å². The van der Waals surface area contributed by atoms with Crippen LogP contribution in [-0.2, 0) is 18.3 Å². The number of hydrogen-bond donors (Lipinski definition) is 0. The molecule has 0 radical (unpaired) electrons.